The molecular formula is C8H15ClO2. The maximum Gasteiger partial charge on any atom is 0.0704 e. The SMILES string of the molecule is C=C(CCl)COCCOCC. The Balaban J connectivity index is 2.95. The molecule has 0 aromatic carbocycles. The van der Waals surface area contributed by atoms with Gasteiger partial charge in [-0.2, -0.15) is 0 Å². The van der Waals surface area contributed by atoms with E-state index in [0.29, 0.717) is 25.7 Å². The first-order valence-corrected chi connectivity index (χ1v) is 4.22. The fourth-order valence-corrected chi connectivity index (χ4v) is 0.594. The van der Waals surface area contributed by atoms with Gasteiger partial charge in [0.1, 0.15) is 0 Å². The highest BCUT2D eigenvalue weighted by Crippen LogP contribution is 1.93. The lowest BCUT2D eigenvalue weighted by atomic mass is 10.4. The van der Waals surface area contributed by atoms with Crippen molar-refractivity contribution in [1.29, 1.82) is 0 Å². The highest BCUT2D eigenvalue weighted by molar-refractivity contribution is 6.19. The molecule has 0 aliphatic carbocycles. The van der Waals surface area contributed by atoms with Gasteiger partial charge in [0.2, 0.25) is 0 Å². The van der Waals surface area contributed by atoms with Gasteiger partial charge in [0.15, 0.2) is 0 Å². The van der Waals surface area contributed by atoms with Gasteiger partial charge in [0.05, 0.1) is 19.8 Å². The number of hydrogen-bond donors (Lipinski definition) is 0. The first-order chi connectivity index (χ1) is 5.31. The second-order valence-electron chi connectivity index (χ2n) is 2.13. The van der Waals surface area contributed by atoms with Crippen molar-refractivity contribution in [3.05, 3.63) is 12.2 Å². The van der Waals surface area contributed by atoms with Gasteiger partial charge in [0, 0.05) is 12.5 Å². The summed E-state index contributed by atoms with van der Waals surface area (Å²) < 4.78 is 10.2. The predicted molar refractivity (Wildman–Crippen MR) is 47.2 cm³/mol. The molecule has 0 radical (unpaired) electrons. The van der Waals surface area contributed by atoms with E-state index >= 15 is 0 Å². The molecule has 0 aliphatic rings. The first kappa shape index (κ1) is 11.0. The van der Waals surface area contributed by atoms with E-state index in [2.05, 4.69) is 6.58 Å². The van der Waals surface area contributed by atoms with Crippen LogP contribution in [-0.2, 0) is 9.47 Å². The van der Waals surface area contributed by atoms with Crippen LogP contribution in [0.15, 0.2) is 12.2 Å². The van der Waals surface area contributed by atoms with E-state index in [0.717, 1.165) is 12.2 Å². The minimum atomic E-state index is 0.467. The number of halogens is 1. The Morgan fingerprint density at radius 1 is 1.36 bits per heavy atom. The molecule has 0 saturated carbocycles. The third-order valence-corrected chi connectivity index (χ3v) is 1.45. The summed E-state index contributed by atoms with van der Waals surface area (Å²) in [5.41, 5.74) is 0.906. The topological polar surface area (TPSA) is 18.5 Å². The van der Waals surface area contributed by atoms with Gasteiger partial charge in [-0.05, 0) is 12.5 Å². The highest BCUT2D eigenvalue weighted by Gasteiger charge is 1.91. The third kappa shape index (κ3) is 7.85. The molecule has 11 heavy (non-hydrogen) atoms. The molecule has 0 amide bonds. The molecule has 2 nitrogen and oxygen atoms in total. The molecule has 0 rings (SSSR count). The molecule has 0 aromatic rings. The Morgan fingerprint density at radius 3 is 2.55 bits per heavy atom. The van der Waals surface area contributed by atoms with Crippen LogP contribution in [0, 0.1) is 0 Å². The minimum Gasteiger partial charge on any atom is -0.379 e. The molecule has 0 spiro atoms. The maximum absolute atomic E-state index is 5.48. The fourth-order valence-electron chi connectivity index (χ4n) is 0.517. The standard InChI is InChI=1S/C8H15ClO2/c1-3-10-4-5-11-7-8(2)6-9/h2-7H2,1H3. The van der Waals surface area contributed by atoms with Crippen molar-refractivity contribution >= 4 is 11.6 Å². The molecule has 0 unspecified atom stereocenters. The van der Waals surface area contributed by atoms with Crippen LogP contribution >= 0.6 is 11.6 Å². The average Bonchev–Trinajstić information content (AvgIpc) is 2.04. The lowest BCUT2D eigenvalue weighted by molar-refractivity contribution is 0.0622. The van der Waals surface area contributed by atoms with E-state index in [4.69, 9.17) is 21.1 Å². The Kier molecular flexibility index (Phi) is 8.01. The second-order valence-corrected chi connectivity index (χ2v) is 2.40. The van der Waals surface area contributed by atoms with E-state index < -0.39 is 0 Å². The summed E-state index contributed by atoms with van der Waals surface area (Å²) in [5.74, 6) is 0.467. The van der Waals surface area contributed by atoms with Gasteiger partial charge < -0.3 is 9.47 Å². The summed E-state index contributed by atoms with van der Waals surface area (Å²) in [6.45, 7) is 8.18. The number of ether oxygens (including phenoxy) is 2. The number of rotatable bonds is 7. The second kappa shape index (κ2) is 8.05. The molecule has 66 valence electrons. The zero-order valence-electron chi connectivity index (χ0n) is 6.94. The van der Waals surface area contributed by atoms with E-state index in [1.165, 1.54) is 0 Å². The summed E-state index contributed by atoms with van der Waals surface area (Å²) in [6.07, 6.45) is 0. The summed E-state index contributed by atoms with van der Waals surface area (Å²) in [7, 11) is 0. The van der Waals surface area contributed by atoms with Crippen molar-refractivity contribution in [1.82, 2.24) is 0 Å². The zero-order valence-corrected chi connectivity index (χ0v) is 7.69. The monoisotopic (exact) mass is 178 g/mol. The van der Waals surface area contributed by atoms with Gasteiger partial charge in [-0.1, -0.05) is 6.58 Å². The molecule has 0 bridgehead atoms. The van der Waals surface area contributed by atoms with Gasteiger partial charge in [-0.15, -0.1) is 11.6 Å². The summed E-state index contributed by atoms with van der Waals surface area (Å²) >= 11 is 5.48. The first-order valence-electron chi connectivity index (χ1n) is 3.69. The van der Waals surface area contributed by atoms with Crippen LogP contribution in [0.1, 0.15) is 6.92 Å². The predicted octanol–water partition coefficient (Wildman–Crippen LogP) is 1.83. The normalized spacial score (nSPS) is 10.0. The van der Waals surface area contributed by atoms with E-state index in [1.54, 1.807) is 0 Å². The summed E-state index contributed by atoms with van der Waals surface area (Å²) in [6, 6.07) is 0. The maximum atomic E-state index is 5.48. The molecule has 0 fully saturated rings. The van der Waals surface area contributed by atoms with E-state index in [-0.39, 0.29) is 0 Å². The molecule has 0 aromatic heterocycles. The van der Waals surface area contributed by atoms with E-state index in [9.17, 15) is 0 Å². The fraction of sp³-hybridized carbons (Fsp3) is 0.750. The van der Waals surface area contributed by atoms with Gasteiger partial charge in [0.25, 0.3) is 0 Å². The Bertz CT molecular complexity index is 104. The van der Waals surface area contributed by atoms with Crippen molar-refractivity contribution in [3.8, 4) is 0 Å². The molecule has 3 heteroatoms. The van der Waals surface area contributed by atoms with Crippen LogP contribution in [-0.4, -0.2) is 32.3 Å². The third-order valence-electron chi connectivity index (χ3n) is 1.07. The van der Waals surface area contributed by atoms with Gasteiger partial charge >= 0.3 is 0 Å². The average molecular weight is 179 g/mol. The molecule has 0 atom stereocenters. The quantitative estimate of drug-likeness (QED) is 0.337. The number of hydrogen-bond acceptors (Lipinski definition) is 2. The van der Waals surface area contributed by atoms with Crippen molar-refractivity contribution in [3.63, 3.8) is 0 Å². The zero-order chi connectivity index (χ0) is 8.53. The molecule has 0 aliphatic heterocycles. The minimum absolute atomic E-state index is 0.467. The van der Waals surface area contributed by atoms with Crippen molar-refractivity contribution in [2.24, 2.45) is 0 Å². The van der Waals surface area contributed by atoms with Crippen molar-refractivity contribution in [2.75, 3.05) is 32.3 Å². The Hall–Kier alpha value is -0.0500. The summed E-state index contributed by atoms with van der Waals surface area (Å²) in [5, 5.41) is 0. The highest BCUT2D eigenvalue weighted by atomic mass is 35.5. The van der Waals surface area contributed by atoms with Crippen molar-refractivity contribution in [2.45, 2.75) is 6.92 Å². The lowest BCUT2D eigenvalue weighted by Crippen LogP contribution is -2.06. The molecule has 0 heterocycles. The lowest BCUT2D eigenvalue weighted by Gasteiger charge is -2.03. The van der Waals surface area contributed by atoms with Crippen LogP contribution in [0.5, 0.6) is 0 Å². The van der Waals surface area contributed by atoms with Crippen LogP contribution in [0.2, 0.25) is 0 Å². The van der Waals surface area contributed by atoms with Crippen LogP contribution in [0.3, 0.4) is 0 Å². The van der Waals surface area contributed by atoms with E-state index in [1.807, 2.05) is 6.92 Å². The van der Waals surface area contributed by atoms with Gasteiger partial charge in [-0.25, -0.2) is 0 Å². The van der Waals surface area contributed by atoms with Gasteiger partial charge in [-0.3, -0.25) is 0 Å². The molecular weight excluding hydrogens is 164 g/mol. The summed E-state index contributed by atoms with van der Waals surface area (Å²) in [4.78, 5) is 0. The van der Waals surface area contributed by atoms with Crippen LogP contribution in [0.4, 0.5) is 0 Å². The van der Waals surface area contributed by atoms with Crippen LogP contribution in [0.25, 0.3) is 0 Å². The van der Waals surface area contributed by atoms with Crippen LogP contribution < -0.4 is 0 Å². The molecule has 0 saturated heterocycles. The smallest absolute Gasteiger partial charge is 0.0704 e. The Morgan fingerprint density at radius 2 is 2.00 bits per heavy atom. The molecule has 0 N–H and O–H groups in total. The Labute approximate surface area is 73.1 Å². The number of alkyl halides is 1. The van der Waals surface area contributed by atoms with Crippen molar-refractivity contribution < 1.29 is 9.47 Å². The largest absolute Gasteiger partial charge is 0.379 e.